The van der Waals surface area contributed by atoms with Gasteiger partial charge >= 0.3 is 0 Å². The van der Waals surface area contributed by atoms with Gasteiger partial charge in [0.15, 0.2) is 8.07 Å². The van der Waals surface area contributed by atoms with E-state index in [1.54, 1.807) is 0 Å². The fourth-order valence-electron chi connectivity index (χ4n) is 11.5. The zero-order valence-electron chi connectivity index (χ0n) is 35.2. The van der Waals surface area contributed by atoms with Gasteiger partial charge in [0.25, 0.3) is 6.71 Å². The van der Waals surface area contributed by atoms with Crippen LogP contribution in [0.1, 0.15) is 0 Å². The van der Waals surface area contributed by atoms with Crippen LogP contribution in [0.4, 0.5) is 0 Å². The summed E-state index contributed by atoms with van der Waals surface area (Å²) in [6, 6.07) is 90.9. The highest BCUT2D eigenvalue weighted by Gasteiger charge is 2.57. The molecule has 1 spiro atoms. The van der Waals surface area contributed by atoms with Crippen LogP contribution in [0.2, 0.25) is 0 Å². The Kier molecular flexibility index (Phi) is 8.50. The number of para-hydroxylation sites is 1. The molecule has 0 aromatic heterocycles. The SMILES string of the molecule is c1ccc(B2c3ccc(-c4ccccc4)cc3[Si]3(c4cc(-c5ccccc5)ccc42)c2ccc(-c4ccccc4)cc2B2c4ccccc4Oc4c(-c5ccccc5)ccc3c42)cc1. The molecule has 0 saturated heterocycles. The average molecular weight is 827 g/mol. The lowest BCUT2D eigenvalue weighted by Crippen LogP contribution is -2.93. The lowest BCUT2D eigenvalue weighted by molar-refractivity contribution is 0.489. The Morgan fingerprint density at radius 1 is 0.297 bits per heavy atom. The van der Waals surface area contributed by atoms with Crippen molar-refractivity contribution in [3.63, 3.8) is 0 Å². The van der Waals surface area contributed by atoms with Gasteiger partial charge in [-0.25, -0.2) is 0 Å². The van der Waals surface area contributed by atoms with Crippen molar-refractivity contribution < 1.29 is 4.74 Å². The van der Waals surface area contributed by atoms with E-state index in [2.05, 4.69) is 243 Å². The number of hydrogen-bond donors (Lipinski definition) is 0. The van der Waals surface area contributed by atoms with Crippen molar-refractivity contribution in [1.29, 1.82) is 0 Å². The second-order valence-electron chi connectivity index (χ2n) is 17.4. The van der Waals surface area contributed by atoms with Gasteiger partial charge in [-0.15, -0.1) is 0 Å². The lowest BCUT2D eigenvalue weighted by Gasteiger charge is -2.49. The van der Waals surface area contributed by atoms with E-state index in [-0.39, 0.29) is 13.4 Å². The number of ether oxygens (including phenoxy) is 1. The van der Waals surface area contributed by atoms with E-state index >= 15 is 0 Å². The molecule has 1 nitrogen and oxygen atoms in total. The Hall–Kier alpha value is -7.65. The van der Waals surface area contributed by atoms with Gasteiger partial charge in [-0.2, -0.15) is 0 Å². The summed E-state index contributed by atoms with van der Waals surface area (Å²) in [7, 11) is -3.26. The molecule has 0 amide bonds. The Morgan fingerprint density at radius 2 is 0.766 bits per heavy atom. The summed E-state index contributed by atoms with van der Waals surface area (Å²) >= 11 is 0. The van der Waals surface area contributed by atoms with Crippen LogP contribution in [0.3, 0.4) is 0 Å². The fourth-order valence-corrected chi connectivity index (χ4v) is 17.2. The molecule has 0 fully saturated rings. The first-order valence-corrected chi connectivity index (χ1v) is 24.4. The summed E-state index contributed by atoms with van der Waals surface area (Å²) in [6.45, 7) is 0.00360. The predicted octanol–water partition coefficient (Wildman–Crippen LogP) is 7.50. The van der Waals surface area contributed by atoms with Gasteiger partial charge in [-0.1, -0.05) is 258 Å². The van der Waals surface area contributed by atoms with E-state index in [4.69, 9.17) is 4.74 Å². The van der Waals surface area contributed by atoms with Crippen molar-refractivity contribution in [3.8, 4) is 56.0 Å². The van der Waals surface area contributed by atoms with Crippen molar-refractivity contribution in [3.05, 3.63) is 243 Å². The molecule has 0 aliphatic carbocycles. The first-order chi connectivity index (χ1) is 31.8. The molecule has 0 atom stereocenters. The Bertz CT molecular complexity index is 3320. The summed E-state index contributed by atoms with van der Waals surface area (Å²) in [5, 5.41) is 5.75. The minimum Gasteiger partial charge on any atom is -0.458 e. The molecular formula is C60H40B2OSi. The first kappa shape index (κ1) is 37.0. The van der Waals surface area contributed by atoms with Crippen LogP contribution in [0.5, 0.6) is 11.5 Å². The maximum atomic E-state index is 7.35. The van der Waals surface area contributed by atoms with Crippen LogP contribution in [-0.2, 0) is 0 Å². The molecule has 10 aromatic carbocycles. The maximum absolute atomic E-state index is 7.35. The molecule has 13 rings (SSSR count). The molecule has 3 heterocycles. The van der Waals surface area contributed by atoms with Crippen LogP contribution in [0.15, 0.2) is 243 Å². The van der Waals surface area contributed by atoms with Crippen molar-refractivity contribution in [1.82, 2.24) is 0 Å². The summed E-state index contributed by atoms with van der Waals surface area (Å²) in [6.07, 6.45) is 0. The van der Waals surface area contributed by atoms with Gasteiger partial charge in [-0.05, 0) is 76.7 Å². The van der Waals surface area contributed by atoms with Gasteiger partial charge in [0, 0.05) is 5.56 Å². The summed E-state index contributed by atoms with van der Waals surface area (Å²) in [5.41, 5.74) is 17.6. The first-order valence-electron chi connectivity index (χ1n) is 22.4. The van der Waals surface area contributed by atoms with E-state index in [1.807, 2.05) is 0 Å². The second-order valence-corrected chi connectivity index (χ2v) is 21.1. The third kappa shape index (κ3) is 5.52. The molecule has 3 aliphatic heterocycles. The molecular weight excluding hydrogens is 786 g/mol. The zero-order valence-corrected chi connectivity index (χ0v) is 36.2. The summed E-state index contributed by atoms with van der Waals surface area (Å²) < 4.78 is 7.35. The Labute approximate surface area is 376 Å². The quantitative estimate of drug-likeness (QED) is 0.164. The monoisotopic (exact) mass is 826 g/mol. The van der Waals surface area contributed by atoms with Crippen molar-refractivity contribution in [2.75, 3.05) is 0 Å². The summed E-state index contributed by atoms with van der Waals surface area (Å²) in [4.78, 5) is 0. The molecule has 64 heavy (non-hydrogen) atoms. The van der Waals surface area contributed by atoms with E-state index in [0.717, 1.165) is 22.6 Å². The third-order valence-corrected chi connectivity index (χ3v) is 19.2. The van der Waals surface area contributed by atoms with Gasteiger partial charge in [-0.3, -0.25) is 0 Å². The van der Waals surface area contributed by atoms with E-state index in [9.17, 15) is 0 Å². The number of rotatable bonds is 5. The van der Waals surface area contributed by atoms with Crippen LogP contribution in [0.25, 0.3) is 44.5 Å². The smallest absolute Gasteiger partial charge is 0.250 e. The van der Waals surface area contributed by atoms with E-state index < -0.39 is 8.07 Å². The van der Waals surface area contributed by atoms with Gasteiger partial charge in [0.1, 0.15) is 11.5 Å². The fraction of sp³-hybridized carbons (Fsp3) is 0. The zero-order chi connectivity index (χ0) is 42.2. The predicted molar refractivity (Wildman–Crippen MR) is 274 cm³/mol. The van der Waals surface area contributed by atoms with Crippen molar-refractivity contribution in [2.24, 2.45) is 0 Å². The molecule has 0 N–H and O–H groups in total. The maximum Gasteiger partial charge on any atom is 0.250 e. The lowest BCUT2D eigenvalue weighted by atomic mass is 9.35. The number of hydrogen-bond acceptors (Lipinski definition) is 1. The van der Waals surface area contributed by atoms with E-state index in [1.165, 1.54) is 86.9 Å². The van der Waals surface area contributed by atoms with Crippen molar-refractivity contribution in [2.45, 2.75) is 0 Å². The van der Waals surface area contributed by atoms with Crippen molar-refractivity contribution >= 4 is 75.0 Å². The molecule has 0 radical (unpaired) electrons. The van der Waals surface area contributed by atoms with Crippen LogP contribution >= 0.6 is 0 Å². The molecule has 0 saturated carbocycles. The molecule has 0 bridgehead atoms. The minimum absolute atomic E-state index is 0.0382. The highest BCUT2D eigenvalue weighted by atomic mass is 28.3. The molecule has 4 heteroatoms. The number of benzene rings is 10. The van der Waals surface area contributed by atoms with E-state index in [0.29, 0.717) is 0 Å². The molecule has 3 aliphatic rings. The third-order valence-electron chi connectivity index (χ3n) is 14.2. The molecule has 296 valence electrons. The van der Waals surface area contributed by atoms with Gasteiger partial charge in [0.2, 0.25) is 6.71 Å². The topological polar surface area (TPSA) is 9.23 Å². The standard InChI is InChI=1S/C60H40B2OSi/c1-6-18-41(19-7-1)45-32-36-55-53(38-45)62-50-28-16-17-29-54(50)63-60-49(44-24-12-4-13-25-44)33-37-56(59(60)62)64(55)57-39-46(42-20-8-2-9-21-42)30-34-51(57)61(48-26-14-5-15-27-48)52-35-31-47(40-58(52)64)43-22-10-3-11-23-43/h1-40H. The molecule has 0 unspecified atom stereocenters. The highest BCUT2D eigenvalue weighted by molar-refractivity contribution is 7.31. The van der Waals surface area contributed by atoms with Gasteiger partial charge in [0.05, 0.1) is 0 Å². The summed E-state index contributed by atoms with van der Waals surface area (Å²) in [5.74, 6) is 1.90. The highest BCUT2D eigenvalue weighted by Crippen LogP contribution is 2.37. The largest absolute Gasteiger partial charge is 0.458 e. The minimum atomic E-state index is -3.26. The second kappa shape index (κ2) is 14.7. The Balaban J connectivity index is 1.23. The van der Waals surface area contributed by atoms with Crippen LogP contribution in [-0.4, -0.2) is 21.5 Å². The van der Waals surface area contributed by atoms with Crippen LogP contribution in [0, 0.1) is 0 Å². The van der Waals surface area contributed by atoms with Crippen LogP contribution < -0.4 is 58.3 Å². The molecule has 10 aromatic rings. The Morgan fingerprint density at radius 3 is 1.34 bits per heavy atom. The normalized spacial score (nSPS) is 13.5. The number of fused-ring (bicyclic) bond motifs is 10. The average Bonchev–Trinajstić information content (AvgIpc) is 3.38. The van der Waals surface area contributed by atoms with Gasteiger partial charge < -0.3 is 4.74 Å².